The number of allylic oxidation sites excluding steroid dienone is 2. The lowest BCUT2D eigenvalue weighted by molar-refractivity contribution is 0.414. The van der Waals surface area contributed by atoms with Gasteiger partial charge >= 0.3 is 0 Å². The highest BCUT2D eigenvalue weighted by atomic mass is 32.2. The molecular weight excluding hydrogens is 290 g/mol. The topological polar surface area (TPSA) is 21.3 Å². The number of hydrogen-bond donors (Lipinski definition) is 1. The van der Waals surface area contributed by atoms with Crippen molar-refractivity contribution in [2.24, 2.45) is 0 Å². The van der Waals surface area contributed by atoms with Crippen LogP contribution in [0.1, 0.15) is 11.1 Å². The van der Waals surface area contributed by atoms with Crippen molar-refractivity contribution in [3.05, 3.63) is 76.3 Å². The molecule has 0 amide bonds. The number of likely N-dealkylation sites (N-methyl/N-ethyl adjacent to an activating group) is 1. The van der Waals surface area contributed by atoms with Gasteiger partial charge in [0.1, 0.15) is 5.75 Å². The highest BCUT2D eigenvalue weighted by Gasteiger charge is 2.12. The van der Waals surface area contributed by atoms with Crippen LogP contribution in [0.15, 0.2) is 70.1 Å². The molecule has 1 aliphatic carbocycles. The first-order valence-corrected chi connectivity index (χ1v) is 8.10. The van der Waals surface area contributed by atoms with Gasteiger partial charge < -0.3 is 10.1 Å². The van der Waals surface area contributed by atoms with Crippen LogP contribution in [0.25, 0.3) is 6.08 Å². The number of fused-ring (bicyclic) bond motifs is 1. The predicted molar refractivity (Wildman–Crippen MR) is 94.1 cm³/mol. The van der Waals surface area contributed by atoms with Crippen LogP contribution in [0.2, 0.25) is 0 Å². The fourth-order valence-electron chi connectivity index (χ4n) is 2.49. The quantitative estimate of drug-likeness (QED) is 0.899. The fraction of sp³-hybridized carbons (Fsp3) is 0.158. The zero-order valence-corrected chi connectivity index (χ0v) is 13.6. The molecule has 3 heteroatoms. The third-order valence-corrected chi connectivity index (χ3v) is 4.82. The first kappa shape index (κ1) is 14.8. The van der Waals surface area contributed by atoms with Gasteiger partial charge in [-0.15, -0.1) is 0 Å². The predicted octanol–water partition coefficient (Wildman–Crippen LogP) is 4.49. The second-order valence-corrected chi connectivity index (χ2v) is 6.24. The Balaban J connectivity index is 1.89. The van der Waals surface area contributed by atoms with Crippen molar-refractivity contribution in [2.45, 2.75) is 11.3 Å². The van der Waals surface area contributed by atoms with Crippen LogP contribution in [0.5, 0.6) is 5.75 Å². The van der Waals surface area contributed by atoms with E-state index in [9.17, 15) is 0 Å². The molecule has 0 atom stereocenters. The number of hydrogen-bond acceptors (Lipinski definition) is 3. The van der Waals surface area contributed by atoms with Crippen LogP contribution in [-0.2, 0) is 6.42 Å². The van der Waals surface area contributed by atoms with E-state index in [-0.39, 0.29) is 0 Å². The summed E-state index contributed by atoms with van der Waals surface area (Å²) in [5.41, 5.74) is 3.83. The minimum absolute atomic E-state index is 0.887. The first-order valence-electron chi connectivity index (χ1n) is 7.29. The molecule has 0 saturated heterocycles. The van der Waals surface area contributed by atoms with Crippen molar-refractivity contribution >= 4 is 17.8 Å². The van der Waals surface area contributed by atoms with Crippen LogP contribution in [-0.4, -0.2) is 14.2 Å². The van der Waals surface area contributed by atoms with Gasteiger partial charge in [0, 0.05) is 29.0 Å². The van der Waals surface area contributed by atoms with Crippen molar-refractivity contribution < 1.29 is 4.74 Å². The molecule has 2 aromatic rings. The van der Waals surface area contributed by atoms with Crippen LogP contribution in [0, 0.1) is 0 Å². The Kier molecular flexibility index (Phi) is 4.54. The van der Waals surface area contributed by atoms with Crippen LogP contribution >= 0.6 is 11.8 Å². The van der Waals surface area contributed by atoms with Crippen molar-refractivity contribution in [1.29, 1.82) is 0 Å². The largest absolute Gasteiger partial charge is 0.497 e. The van der Waals surface area contributed by atoms with Gasteiger partial charge in [0.25, 0.3) is 0 Å². The molecule has 2 nitrogen and oxygen atoms in total. The maximum atomic E-state index is 5.22. The molecule has 0 aromatic heterocycles. The normalized spacial score (nSPS) is 13.5. The zero-order valence-electron chi connectivity index (χ0n) is 12.8. The van der Waals surface area contributed by atoms with E-state index in [0.29, 0.717) is 0 Å². The summed E-state index contributed by atoms with van der Waals surface area (Å²) in [5, 5.41) is 3.32. The summed E-state index contributed by atoms with van der Waals surface area (Å²) in [5.74, 6) is 0.887. The summed E-state index contributed by atoms with van der Waals surface area (Å²) < 4.78 is 5.22. The van der Waals surface area contributed by atoms with E-state index in [1.54, 1.807) is 18.9 Å². The summed E-state index contributed by atoms with van der Waals surface area (Å²) in [4.78, 5) is 2.55. The highest BCUT2D eigenvalue weighted by Crippen LogP contribution is 2.34. The van der Waals surface area contributed by atoms with E-state index < -0.39 is 0 Å². The number of thioether (sulfide) groups is 1. The Hall–Kier alpha value is -2.13. The Morgan fingerprint density at radius 2 is 1.77 bits per heavy atom. The average molecular weight is 309 g/mol. The highest BCUT2D eigenvalue weighted by molar-refractivity contribution is 8.03. The van der Waals surface area contributed by atoms with Gasteiger partial charge in [-0.25, -0.2) is 0 Å². The lowest BCUT2D eigenvalue weighted by Gasteiger charge is -2.12. The monoisotopic (exact) mass is 309 g/mol. The molecule has 0 radical (unpaired) electrons. The van der Waals surface area contributed by atoms with Crippen LogP contribution in [0.4, 0.5) is 0 Å². The molecule has 1 aliphatic rings. The Morgan fingerprint density at radius 1 is 1.00 bits per heavy atom. The molecule has 112 valence electrons. The van der Waals surface area contributed by atoms with E-state index >= 15 is 0 Å². The van der Waals surface area contributed by atoms with Crippen molar-refractivity contribution in [2.75, 3.05) is 14.2 Å². The first-order chi connectivity index (χ1) is 10.8. The summed E-state index contributed by atoms with van der Waals surface area (Å²) in [7, 11) is 3.67. The lowest BCUT2D eigenvalue weighted by atomic mass is 10.1. The number of ether oxygens (including phenoxy) is 1. The van der Waals surface area contributed by atoms with Gasteiger partial charge in [-0.3, -0.25) is 0 Å². The van der Waals surface area contributed by atoms with Gasteiger partial charge in [-0.05, 0) is 41.5 Å². The van der Waals surface area contributed by atoms with Gasteiger partial charge in [0.2, 0.25) is 0 Å². The van der Waals surface area contributed by atoms with Gasteiger partial charge in [-0.1, -0.05) is 42.1 Å². The number of rotatable bonds is 4. The molecule has 0 saturated carbocycles. The SMILES string of the molecule is CNC1=C(Sc2ccc(OC)cc2)Cc2ccccc2C=C1. The Morgan fingerprint density at radius 3 is 2.50 bits per heavy atom. The Labute approximate surface area is 135 Å². The average Bonchev–Trinajstić information content (AvgIpc) is 2.74. The van der Waals surface area contributed by atoms with E-state index in [4.69, 9.17) is 4.74 Å². The molecule has 3 rings (SSSR count). The van der Waals surface area contributed by atoms with Crippen molar-refractivity contribution in [3.8, 4) is 5.75 Å². The number of nitrogens with one attached hydrogen (secondary N) is 1. The third-order valence-electron chi connectivity index (χ3n) is 3.71. The molecule has 0 spiro atoms. The van der Waals surface area contributed by atoms with E-state index in [0.717, 1.165) is 12.2 Å². The van der Waals surface area contributed by atoms with Crippen molar-refractivity contribution in [3.63, 3.8) is 0 Å². The molecule has 22 heavy (non-hydrogen) atoms. The van der Waals surface area contributed by atoms with E-state index in [1.165, 1.54) is 26.6 Å². The minimum Gasteiger partial charge on any atom is -0.497 e. The lowest BCUT2D eigenvalue weighted by Crippen LogP contribution is -2.06. The third kappa shape index (κ3) is 3.20. The molecular formula is C19H19NOS. The van der Waals surface area contributed by atoms with E-state index in [1.807, 2.05) is 19.2 Å². The minimum atomic E-state index is 0.887. The number of benzene rings is 2. The fourth-order valence-corrected chi connectivity index (χ4v) is 3.56. The number of methoxy groups -OCH3 is 1. The molecule has 0 heterocycles. The van der Waals surface area contributed by atoms with Gasteiger partial charge in [0.15, 0.2) is 0 Å². The zero-order chi connectivity index (χ0) is 15.4. The van der Waals surface area contributed by atoms with Crippen LogP contribution < -0.4 is 10.1 Å². The smallest absolute Gasteiger partial charge is 0.118 e. The maximum absolute atomic E-state index is 5.22. The van der Waals surface area contributed by atoms with Gasteiger partial charge in [-0.2, -0.15) is 0 Å². The molecule has 0 unspecified atom stereocenters. The second-order valence-electron chi connectivity index (χ2n) is 5.07. The van der Waals surface area contributed by atoms with Crippen molar-refractivity contribution in [1.82, 2.24) is 5.32 Å². The Bertz CT molecular complexity index is 716. The molecule has 0 fully saturated rings. The molecule has 1 N–H and O–H groups in total. The maximum Gasteiger partial charge on any atom is 0.118 e. The molecule has 0 aliphatic heterocycles. The summed E-state index contributed by atoms with van der Waals surface area (Å²) in [6.45, 7) is 0. The standard InChI is InChI=1S/C19H19NOS/c1-20-18-12-7-14-5-3-4-6-15(14)13-19(18)22-17-10-8-16(21-2)9-11-17/h3-12,20H,13H2,1-2H3. The van der Waals surface area contributed by atoms with E-state index in [2.05, 4.69) is 53.9 Å². The summed E-state index contributed by atoms with van der Waals surface area (Å²) >= 11 is 1.80. The molecule has 0 bridgehead atoms. The summed E-state index contributed by atoms with van der Waals surface area (Å²) in [6.07, 6.45) is 5.29. The van der Waals surface area contributed by atoms with Gasteiger partial charge in [0.05, 0.1) is 7.11 Å². The molecule has 2 aromatic carbocycles. The summed E-state index contributed by atoms with van der Waals surface area (Å²) in [6, 6.07) is 16.8. The van der Waals surface area contributed by atoms with Crippen LogP contribution in [0.3, 0.4) is 0 Å². The second kappa shape index (κ2) is 6.75.